The van der Waals surface area contributed by atoms with Gasteiger partial charge in [0, 0.05) is 24.0 Å². The Kier molecular flexibility index (Phi) is 4.79. The molecule has 2 aromatic heterocycles. The minimum atomic E-state index is -0.735. The summed E-state index contributed by atoms with van der Waals surface area (Å²) in [6.07, 6.45) is 5.73. The lowest BCUT2D eigenvalue weighted by Gasteiger charge is -2.27. The number of alkyl halides is 2. The topological polar surface area (TPSA) is 111 Å². The number of amides is 2. The van der Waals surface area contributed by atoms with E-state index in [1.807, 2.05) is 6.92 Å². The molecule has 0 bridgehead atoms. The zero-order valence-electron chi connectivity index (χ0n) is 17.0. The van der Waals surface area contributed by atoms with Crippen LogP contribution in [0.5, 0.6) is 0 Å². The van der Waals surface area contributed by atoms with Crippen molar-refractivity contribution >= 4 is 51.7 Å². The molecule has 8 nitrogen and oxygen atoms in total. The Morgan fingerprint density at radius 2 is 2.03 bits per heavy atom. The van der Waals surface area contributed by atoms with E-state index in [1.54, 1.807) is 23.4 Å². The van der Waals surface area contributed by atoms with Crippen molar-refractivity contribution in [2.24, 2.45) is 23.5 Å². The fourth-order valence-electron chi connectivity index (χ4n) is 5.10. The molecule has 2 saturated carbocycles. The van der Waals surface area contributed by atoms with Crippen molar-refractivity contribution in [1.82, 2.24) is 19.7 Å². The summed E-state index contributed by atoms with van der Waals surface area (Å²) >= 11 is 12.4. The Hall–Kier alpha value is -2.19. The van der Waals surface area contributed by atoms with Gasteiger partial charge >= 0.3 is 0 Å². The summed E-state index contributed by atoms with van der Waals surface area (Å²) in [6.45, 7) is 1.91. The van der Waals surface area contributed by atoms with Gasteiger partial charge in [-0.1, -0.05) is 6.92 Å². The standard InChI is InChI=1S/C21H23Cl2N5O3/c1-10-13(21(10,22)23)2-3-17(29)15-7-11-6-14(11)28(15)18(30)9-27-16-8-25-5-4-12(16)19(26-27)20(24)31/h4-5,8,10-11,13-15H,2-3,6-7,9H2,1H3,(H2,24,31)/t10?,11-,13?,14-,15+/m1/s1. The van der Waals surface area contributed by atoms with Crippen molar-refractivity contribution in [2.45, 2.75) is 55.6 Å². The molecule has 3 fully saturated rings. The van der Waals surface area contributed by atoms with Crippen LogP contribution in [-0.2, 0) is 16.1 Å². The van der Waals surface area contributed by atoms with E-state index in [9.17, 15) is 14.4 Å². The molecule has 3 aliphatic rings. The van der Waals surface area contributed by atoms with Gasteiger partial charge in [-0.15, -0.1) is 23.2 Å². The number of hydrogen-bond acceptors (Lipinski definition) is 5. The van der Waals surface area contributed by atoms with Crippen molar-refractivity contribution in [3.63, 3.8) is 0 Å². The molecule has 10 heteroatoms. The fourth-order valence-corrected chi connectivity index (χ4v) is 5.88. The van der Waals surface area contributed by atoms with Crippen LogP contribution in [0, 0.1) is 17.8 Å². The minimum Gasteiger partial charge on any atom is -0.364 e. The molecule has 0 radical (unpaired) electrons. The summed E-state index contributed by atoms with van der Waals surface area (Å²) in [4.78, 5) is 43.7. The molecule has 2 aromatic rings. The summed E-state index contributed by atoms with van der Waals surface area (Å²) in [5, 5.41) is 4.79. The van der Waals surface area contributed by atoms with Crippen molar-refractivity contribution in [3.05, 3.63) is 24.2 Å². The van der Waals surface area contributed by atoms with Crippen LogP contribution in [0.4, 0.5) is 0 Å². The summed E-state index contributed by atoms with van der Waals surface area (Å²) in [7, 11) is 0. The maximum atomic E-state index is 13.2. The monoisotopic (exact) mass is 463 g/mol. The Balaban J connectivity index is 1.31. The van der Waals surface area contributed by atoms with E-state index < -0.39 is 16.3 Å². The highest BCUT2D eigenvalue weighted by molar-refractivity contribution is 6.51. The van der Waals surface area contributed by atoms with Crippen molar-refractivity contribution in [1.29, 1.82) is 0 Å². The number of halogens is 2. The van der Waals surface area contributed by atoms with Gasteiger partial charge in [0.25, 0.3) is 5.91 Å². The zero-order chi connectivity index (χ0) is 22.1. The van der Waals surface area contributed by atoms with Gasteiger partial charge in [-0.3, -0.25) is 24.0 Å². The van der Waals surface area contributed by atoms with Gasteiger partial charge in [0.05, 0.1) is 17.8 Å². The van der Waals surface area contributed by atoms with Crippen LogP contribution in [0.2, 0.25) is 0 Å². The van der Waals surface area contributed by atoms with Crippen LogP contribution in [0.25, 0.3) is 10.9 Å². The number of aromatic nitrogens is 3. The van der Waals surface area contributed by atoms with Gasteiger partial charge < -0.3 is 10.6 Å². The van der Waals surface area contributed by atoms with Crippen LogP contribution >= 0.6 is 23.2 Å². The molecule has 2 N–H and O–H groups in total. The van der Waals surface area contributed by atoms with Crippen molar-refractivity contribution in [2.75, 3.05) is 0 Å². The first-order valence-electron chi connectivity index (χ1n) is 10.5. The molecule has 5 rings (SSSR count). The average molecular weight is 464 g/mol. The van der Waals surface area contributed by atoms with Crippen LogP contribution in [-0.4, -0.2) is 53.7 Å². The lowest BCUT2D eigenvalue weighted by molar-refractivity contribution is -0.139. The minimum absolute atomic E-state index is 0.0635. The molecule has 5 atom stereocenters. The zero-order valence-corrected chi connectivity index (χ0v) is 18.5. The number of hydrogen-bond donors (Lipinski definition) is 1. The van der Waals surface area contributed by atoms with Crippen LogP contribution in [0.3, 0.4) is 0 Å². The maximum Gasteiger partial charge on any atom is 0.269 e. The summed E-state index contributed by atoms with van der Waals surface area (Å²) in [5.74, 6) is -0.0995. The summed E-state index contributed by atoms with van der Waals surface area (Å²) in [5.41, 5.74) is 6.10. The smallest absolute Gasteiger partial charge is 0.269 e. The molecule has 31 heavy (non-hydrogen) atoms. The molecular weight excluding hydrogens is 441 g/mol. The normalized spacial score (nSPS) is 30.3. The quantitative estimate of drug-likeness (QED) is 0.633. The number of nitrogens with zero attached hydrogens (tertiary/aromatic N) is 4. The Labute approximate surface area is 189 Å². The van der Waals surface area contributed by atoms with Gasteiger partial charge in [-0.05, 0) is 43.1 Å². The number of ketones is 1. The predicted molar refractivity (Wildman–Crippen MR) is 115 cm³/mol. The number of piperidine rings is 1. The Morgan fingerprint density at radius 3 is 2.71 bits per heavy atom. The number of Topliss-reactive ketones (excluding diaryl/α,β-unsaturated/α-hetero) is 1. The van der Waals surface area contributed by atoms with Crippen molar-refractivity contribution in [3.8, 4) is 0 Å². The largest absolute Gasteiger partial charge is 0.364 e. The lowest BCUT2D eigenvalue weighted by atomic mass is 10.0. The van der Waals surface area contributed by atoms with E-state index in [2.05, 4.69) is 10.1 Å². The molecule has 164 valence electrons. The lowest BCUT2D eigenvalue weighted by Crippen LogP contribution is -2.44. The Morgan fingerprint density at radius 1 is 1.29 bits per heavy atom. The van der Waals surface area contributed by atoms with Crippen molar-refractivity contribution < 1.29 is 14.4 Å². The van der Waals surface area contributed by atoms with Gasteiger partial charge in [0.15, 0.2) is 11.5 Å². The number of primary amides is 1. The van der Waals surface area contributed by atoms with E-state index >= 15 is 0 Å². The molecule has 0 spiro atoms. The summed E-state index contributed by atoms with van der Waals surface area (Å²) in [6, 6.07) is 1.34. The van der Waals surface area contributed by atoms with E-state index in [1.165, 1.54) is 4.68 Å². The molecule has 0 aromatic carbocycles. The first-order valence-corrected chi connectivity index (χ1v) is 11.3. The number of carbonyl (C=O) groups excluding carboxylic acids is 3. The molecular formula is C21H23Cl2N5O3. The highest BCUT2D eigenvalue weighted by Crippen LogP contribution is 2.61. The highest BCUT2D eigenvalue weighted by Gasteiger charge is 2.60. The Bertz CT molecular complexity index is 1100. The first-order chi connectivity index (χ1) is 14.7. The fraction of sp³-hybridized carbons (Fsp3) is 0.571. The van der Waals surface area contributed by atoms with Crippen LogP contribution < -0.4 is 5.73 Å². The third-order valence-corrected chi connectivity index (χ3v) is 8.38. The maximum absolute atomic E-state index is 13.2. The first kappa shape index (κ1) is 20.7. The second-order valence-corrected chi connectivity index (χ2v) is 10.4. The molecule has 1 aliphatic heterocycles. The van der Waals surface area contributed by atoms with E-state index in [0.717, 1.165) is 6.42 Å². The number of carbonyl (C=O) groups is 3. The second-order valence-electron chi connectivity index (χ2n) is 8.95. The molecule has 2 aliphatic carbocycles. The third-order valence-electron chi connectivity index (χ3n) is 7.13. The van der Waals surface area contributed by atoms with Crippen LogP contribution in [0.1, 0.15) is 43.1 Å². The highest BCUT2D eigenvalue weighted by atomic mass is 35.5. The van der Waals surface area contributed by atoms with Gasteiger partial charge in [0.2, 0.25) is 5.91 Å². The van der Waals surface area contributed by atoms with E-state index in [4.69, 9.17) is 28.9 Å². The van der Waals surface area contributed by atoms with E-state index in [-0.39, 0.29) is 41.8 Å². The summed E-state index contributed by atoms with van der Waals surface area (Å²) < 4.78 is 0.712. The number of rotatable bonds is 7. The molecule has 1 saturated heterocycles. The third kappa shape index (κ3) is 3.40. The number of pyridine rings is 1. The number of likely N-dealkylation sites (tertiary alicyclic amines) is 1. The van der Waals surface area contributed by atoms with Gasteiger partial charge in [0.1, 0.15) is 10.9 Å². The van der Waals surface area contributed by atoms with E-state index in [0.29, 0.717) is 36.1 Å². The number of nitrogens with two attached hydrogens (primary N) is 1. The number of fused-ring (bicyclic) bond motifs is 2. The SMILES string of the molecule is CC1C(CCC(=O)[C@@H]2C[C@H]3C[C@H]3N2C(=O)Cn2nc(C(N)=O)c3ccncc32)C1(Cl)Cl. The molecule has 3 heterocycles. The van der Waals surface area contributed by atoms with Gasteiger partial charge in [-0.25, -0.2) is 0 Å². The molecule has 2 unspecified atom stereocenters. The second kappa shape index (κ2) is 7.17. The van der Waals surface area contributed by atoms with Crippen LogP contribution in [0.15, 0.2) is 18.5 Å². The van der Waals surface area contributed by atoms with Gasteiger partial charge in [-0.2, -0.15) is 5.10 Å². The average Bonchev–Trinajstić information content (AvgIpc) is 3.44. The molecule has 2 amide bonds. The predicted octanol–water partition coefficient (Wildman–Crippen LogP) is 2.31.